The number of benzene rings is 9. The van der Waals surface area contributed by atoms with Crippen LogP contribution in [0.3, 0.4) is 0 Å². The van der Waals surface area contributed by atoms with E-state index in [9.17, 15) is 0 Å². The van der Waals surface area contributed by atoms with Crippen molar-refractivity contribution in [3.63, 3.8) is 0 Å². The Bertz CT molecular complexity index is 3010. The summed E-state index contributed by atoms with van der Waals surface area (Å²) in [5.74, 6) is 0. The Morgan fingerprint density at radius 3 is 1.52 bits per heavy atom. The van der Waals surface area contributed by atoms with E-state index in [2.05, 4.69) is 260 Å². The number of nitrogens with zero attached hydrogens (tertiary/aromatic N) is 3. The van der Waals surface area contributed by atoms with Gasteiger partial charge in [0.1, 0.15) is 0 Å². The maximum absolute atomic E-state index is 2.53. The van der Waals surface area contributed by atoms with Gasteiger partial charge < -0.3 is 14.7 Å². The van der Waals surface area contributed by atoms with E-state index in [-0.39, 0.29) is 12.1 Å². The number of anilines is 9. The van der Waals surface area contributed by atoms with Crippen molar-refractivity contribution in [2.75, 3.05) is 14.7 Å². The van der Waals surface area contributed by atoms with E-state index in [1.54, 1.807) is 0 Å². The van der Waals surface area contributed by atoms with Gasteiger partial charge >= 0.3 is 0 Å². The molecule has 4 heteroatoms. The molecule has 0 aromatic heterocycles. The van der Waals surface area contributed by atoms with Crippen molar-refractivity contribution in [2.45, 2.75) is 26.2 Å². The lowest BCUT2D eigenvalue weighted by molar-refractivity contribution is 0.590. The van der Waals surface area contributed by atoms with E-state index in [0.29, 0.717) is 0 Å². The van der Waals surface area contributed by atoms with Crippen LogP contribution in [-0.4, -0.2) is 6.71 Å². The van der Waals surface area contributed by atoms with Crippen LogP contribution in [0.1, 0.15) is 26.3 Å². The molecule has 0 unspecified atom stereocenters. The van der Waals surface area contributed by atoms with Crippen LogP contribution in [0.4, 0.5) is 51.2 Å². The first kappa shape index (κ1) is 37.4. The van der Waals surface area contributed by atoms with Crippen LogP contribution in [0.2, 0.25) is 0 Å². The number of hydrogen-bond acceptors (Lipinski definition) is 3. The number of fused-ring (bicyclic) bond motifs is 4. The van der Waals surface area contributed by atoms with Crippen molar-refractivity contribution in [1.29, 1.82) is 0 Å². The highest BCUT2D eigenvalue weighted by atomic mass is 15.2. The van der Waals surface area contributed by atoms with Gasteiger partial charge in [-0.2, -0.15) is 0 Å². The molecule has 9 aromatic rings. The Balaban J connectivity index is 1.19. The highest BCUT2D eigenvalue weighted by Crippen LogP contribution is 2.48. The SMILES string of the molecule is CC(C)(C)c1ccc(N2c3cc(N(c4ccccc4)c4ccccc4)ccc3B3c4ccc(-c5ccccc5)cc4N(c4ccccc4-c4ccccc4)c4cccc2c43)cc1. The average Bonchev–Trinajstić information content (AvgIpc) is 3.32. The average molecular weight is 796 g/mol. The first-order chi connectivity index (χ1) is 30.4. The predicted octanol–water partition coefficient (Wildman–Crippen LogP) is 13.9. The summed E-state index contributed by atoms with van der Waals surface area (Å²) in [4.78, 5) is 7.42. The van der Waals surface area contributed by atoms with Crippen LogP contribution in [-0.2, 0) is 5.41 Å². The van der Waals surface area contributed by atoms with Gasteiger partial charge in [-0.05, 0) is 117 Å². The fraction of sp³-hybridized carbons (Fsp3) is 0.0690. The standard InChI is InChI=1S/C58H46BN3/c1-58(2,3)44-32-34-47(35-33-44)61-53-29-18-30-54-57(53)59(51-38-36-48(40-56(51)61)60(45-23-12-6-13-24-45)46-25-14-7-15-26-46)50-37-31-43(41-19-8-4-9-20-41)39-55(50)62(54)52-28-17-16-27-49(52)42-21-10-5-11-22-42/h4-40H,1-3H3. The number of para-hydroxylation sites is 3. The Hall–Kier alpha value is -7.56. The first-order valence-corrected chi connectivity index (χ1v) is 21.6. The third-order valence-electron chi connectivity index (χ3n) is 12.6. The van der Waals surface area contributed by atoms with Gasteiger partial charge in [-0.3, -0.25) is 0 Å². The fourth-order valence-corrected chi connectivity index (χ4v) is 9.65. The molecule has 9 aromatic carbocycles. The molecule has 2 heterocycles. The zero-order valence-corrected chi connectivity index (χ0v) is 35.3. The smallest absolute Gasteiger partial charge is 0.252 e. The Morgan fingerprint density at radius 1 is 0.371 bits per heavy atom. The molecule has 296 valence electrons. The highest BCUT2D eigenvalue weighted by Gasteiger charge is 2.44. The second-order valence-electron chi connectivity index (χ2n) is 17.4. The molecule has 0 radical (unpaired) electrons. The topological polar surface area (TPSA) is 9.72 Å². The molecular weight excluding hydrogens is 749 g/mol. The van der Waals surface area contributed by atoms with Crippen LogP contribution in [0.5, 0.6) is 0 Å². The van der Waals surface area contributed by atoms with Crippen LogP contribution < -0.4 is 31.1 Å². The van der Waals surface area contributed by atoms with Crippen LogP contribution in [0.25, 0.3) is 22.3 Å². The molecule has 0 aliphatic carbocycles. The summed E-state index contributed by atoms with van der Waals surface area (Å²) < 4.78 is 0. The quantitative estimate of drug-likeness (QED) is 0.149. The van der Waals surface area contributed by atoms with Crippen LogP contribution in [0, 0.1) is 0 Å². The monoisotopic (exact) mass is 795 g/mol. The van der Waals surface area contributed by atoms with Crippen molar-refractivity contribution in [2.24, 2.45) is 0 Å². The lowest BCUT2D eigenvalue weighted by Gasteiger charge is -2.45. The molecule has 0 spiro atoms. The van der Waals surface area contributed by atoms with Gasteiger partial charge in [0.15, 0.2) is 0 Å². The predicted molar refractivity (Wildman–Crippen MR) is 265 cm³/mol. The Labute approximate surface area is 365 Å². The van der Waals surface area contributed by atoms with E-state index in [1.165, 1.54) is 67.0 Å². The van der Waals surface area contributed by atoms with E-state index in [4.69, 9.17) is 0 Å². The van der Waals surface area contributed by atoms with Crippen molar-refractivity contribution >= 4 is 74.3 Å². The first-order valence-electron chi connectivity index (χ1n) is 21.6. The van der Waals surface area contributed by atoms with Crippen LogP contribution in [0.15, 0.2) is 224 Å². The molecular formula is C58H46BN3. The second kappa shape index (κ2) is 15.2. The van der Waals surface area contributed by atoms with Crippen molar-refractivity contribution < 1.29 is 0 Å². The molecule has 11 rings (SSSR count). The molecule has 0 saturated carbocycles. The van der Waals surface area contributed by atoms with Gasteiger partial charge in [0.25, 0.3) is 6.71 Å². The summed E-state index contributed by atoms with van der Waals surface area (Å²) in [5.41, 5.74) is 20.3. The second-order valence-corrected chi connectivity index (χ2v) is 17.4. The molecule has 0 atom stereocenters. The lowest BCUT2D eigenvalue weighted by atomic mass is 9.33. The van der Waals surface area contributed by atoms with Crippen molar-refractivity contribution in [1.82, 2.24) is 0 Å². The largest absolute Gasteiger partial charge is 0.311 e. The van der Waals surface area contributed by atoms with Gasteiger partial charge in [0.2, 0.25) is 0 Å². The molecule has 0 fully saturated rings. The van der Waals surface area contributed by atoms with E-state index in [1.807, 2.05) is 0 Å². The maximum Gasteiger partial charge on any atom is 0.252 e. The van der Waals surface area contributed by atoms with E-state index >= 15 is 0 Å². The minimum atomic E-state index is -0.0165. The summed E-state index contributed by atoms with van der Waals surface area (Å²) in [6, 6.07) is 82.3. The van der Waals surface area contributed by atoms with Crippen molar-refractivity contribution in [3.8, 4) is 22.3 Å². The van der Waals surface area contributed by atoms with Gasteiger partial charge in [-0.1, -0.05) is 172 Å². The third kappa shape index (κ3) is 6.38. The molecule has 0 N–H and O–H groups in total. The summed E-state index contributed by atoms with van der Waals surface area (Å²) >= 11 is 0. The van der Waals surface area contributed by atoms with E-state index in [0.717, 1.165) is 28.4 Å². The summed E-state index contributed by atoms with van der Waals surface area (Å²) in [7, 11) is 0. The molecule has 0 bridgehead atoms. The van der Waals surface area contributed by atoms with Gasteiger partial charge in [0, 0.05) is 51.1 Å². The van der Waals surface area contributed by atoms with Crippen LogP contribution >= 0.6 is 0 Å². The zero-order valence-electron chi connectivity index (χ0n) is 35.3. The Morgan fingerprint density at radius 2 is 0.887 bits per heavy atom. The normalized spacial score (nSPS) is 12.7. The minimum absolute atomic E-state index is 0.0165. The van der Waals surface area contributed by atoms with E-state index < -0.39 is 0 Å². The van der Waals surface area contributed by atoms with Gasteiger partial charge in [-0.25, -0.2) is 0 Å². The summed E-state index contributed by atoms with van der Waals surface area (Å²) in [6.07, 6.45) is 0. The molecule has 62 heavy (non-hydrogen) atoms. The number of hydrogen-bond donors (Lipinski definition) is 0. The molecule has 0 saturated heterocycles. The third-order valence-corrected chi connectivity index (χ3v) is 12.6. The lowest BCUT2D eigenvalue weighted by Crippen LogP contribution is -2.61. The maximum atomic E-state index is 2.53. The zero-order chi connectivity index (χ0) is 41.8. The Kier molecular flexibility index (Phi) is 9.16. The number of rotatable bonds is 7. The fourth-order valence-electron chi connectivity index (χ4n) is 9.65. The summed E-state index contributed by atoms with van der Waals surface area (Å²) in [5, 5.41) is 0. The molecule has 2 aliphatic heterocycles. The van der Waals surface area contributed by atoms with Crippen molar-refractivity contribution in [3.05, 3.63) is 230 Å². The van der Waals surface area contributed by atoms with Gasteiger partial charge in [0.05, 0.1) is 5.69 Å². The highest BCUT2D eigenvalue weighted by molar-refractivity contribution is 7.00. The summed E-state index contributed by atoms with van der Waals surface area (Å²) in [6.45, 7) is 6.84. The molecule has 3 nitrogen and oxygen atoms in total. The minimum Gasteiger partial charge on any atom is -0.311 e. The molecule has 2 aliphatic rings. The molecule has 0 amide bonds. The van der Waals surface area contributed by atoms with Gasteiger partial charge in [-0.15, -0.1) is 0 Å².